The van der Waals surface area contributed by atoms with Crippen LogP contribution < -0.4 is 5.32 Å². The van der Waals surface area contributed by atoms with E-state index < -0.39 is 0 Å². The first-order chi connectivity index (χ1) is 12.0. The molecule has 1 saturated carbocycles. The molecule has 1 fully saturated rings. The van der Waals surface area contributed by atoms with Crippen molar-refractivity contribution in [3.8, 4) is 11.1 Å². The summed E-state index contributed by atoms with van der Waals surface area (Å²) in [6.07, 6.45) is 5.01. The number of hydrogen-bond donors (Lipinski definition) is 1. The molecule has 3 rings (SSSR count). The third-order valence-corrected chi connectivity index (χ3v) is 5.76. The van der Waals surface area contributed by atoms with E-state index in [1.54, 1.807) is 6.07 Å². The van der Waals surface area contributed by atoms with Crippen molar-refractivity contribution in [3.63, 3.8) is 0 Å². The molecule has 0 aromatic heterocycles. The highest BCUT2D eigenvalue weighted by molar-refractivity contribution is 5.65. The molecular formula is C23H30FN. The van der Waals surface area contributed by atoms with E-state index in [0.29, 0.717) is 12.0 Å². The lowest BCUT2D eigenvalue weighted by molar-refractivity contribution is 0.359. The third-order valence-electron chi connectivity index (χ3n) is 5.76. The van der Waals surface area contributed by atoms with Gasteiger partial charge in [0.05, 0.1) is 0 Å². The zero-order valence-electron chi connectivity index (χ0n) is 15.9. The van der Waals surface area contributed by atoms with Crippen LogP contribution in [-0.2, 0) is 0 Å². The van der Waals surface area contributed by atoms with Crippen molar-refractivity contribution in [1.82, 2.24) is 5.32 Å². The lowest BCUT2D eigenvalue weighted by Gasteiger charge is -2.28. The Bertz CT molecular complexity index is 686. The highest BCUT2D eigenvalue weighted by Gasteiger charge is 2.21. The monoisotopic (exact) mass is 339 g/mol. The molecule has 0 radical (unpaired) electrons. The summed E-state index contributed by atoms with van der Waals surface area (Å²) in [4.78, 5) is 0. The van der Waals surface area contributed by atoms with Gasteiger partial charge in [0, 0.05) is 6.04 Å². The highest BCUT2D eigenvalue weighted by Crippen LogP contribution is 2.34. The average Bonchev–Trinajstić information content (AvgIpc) is 2.61. The summed E-state index contributed by atoms with van der Waals surface area (Å²) in [6.45, 7) is 6.10. The Kier molecular flexibility index (Phi) is 5.58. The van der Waals surface area contributed by atoms with Crippen LogP contribution in [0.25, 0.3) is 11.1 Å². The second-order valence-corrected chi connectivity index (χ2v) is 7.80. The molecule has 0 saturated heterocycles. The number of rotatable bonds is 4. The molecule has 1 N–H and O–H groups in total. The van der Waals surface area contributed by atoms with Gasteiger partial charge in [-0.05, 0) is 85.4 Å². The van der Waals surface area contributed by atoms with E-state index in [1.165, 1.54) is 31.2 Å². The number of halogens is 1. The minimum atomic E-state index is -0.0838. The first kappa shape index (κ1) is 18.1. The second kappa shape index (κ2) is 7.70. The fourth-order valence-electron chi connectivity index (χ4n) is 4.32. The van der Waals surface area contributed by atoms with Crippen molar-refractivity contribution in [3.05, 3.63) is 58.9 Å². The summed E-state index contributed by atoms with van der Waals surface area (Å²) >= 11 is 0. The van der Waals surface area contributed by atoms with Gasteiger partial charge in [0.25, 0.3) is 0 Å². The van der Waals surface area contributed by atoms with Crippen LogP contribution in [0.3, 0.4) is 0 Å². The van der Waals surface area contributed by atoms with Gasteiger partial charge < -0.3 is 5.32 Å². The first-order valence-corrected chi connectivity index (χ1v) is 9.57. The molecule has 0 atom stereocenters. The highest BCUT2D eigenvalue weighted by atomic mass is 19.1. The van der Waals surface area contributed by atoms with Crippen molar-refractivity contribution < 1.29 is 4.39 Å². The van der Waals surface area contributed by atoms with Crippen molar-refractivity contribution >= 4 is 0 Å². The fourth-order valence-corrected chi connectivity index (χ4v) is 4.32. The minimum Gasteiger partial charge on any atom is -0.317 e. The number of nitrogens with one attached hydrogen (secondary N) is 1. The minimum absolute atomic E-state index is 0.0838. The summed E-state index contributed by atoms with van der Waals surface area (Å²) in [5.74, 6) is 0.795. The zero-order valence-corrected chi connectivity index (χ0v) is 15.9. The van der Waals surface area contributed by atoms with E-state index in [0.717, 1.165) is 22.3 Å². The molecule has 1 aliphatic rings. The molecule has 0 bridgehead atoms. The number of benzene rings is 2. The van der Waals surface area contributed by atoms with Crippen LogP contribution >= 0.6 is 0 Å². The van der Waals surface area contributed by atoms with Crippen LogP contribution in [0.15, 0.2) is 36.4 Å². The standard InChI is InChI=1S/C23H30FN/c1-15(2)23-16(3)13-20(14-22(23)24)19-7-5-17(6-8-19)18-9-11-21(25-4)12-10-18/h5-8,13-15,18,21,25H,9-12H2,1-4H3. The molecule has 25 heavy (non-hydrogen) atoms. The molecule has 1 nitrogen and oxygen atoms in total. The van der Waals surface area contributed by atoms with Gasteiger partial charge in [-0.2, -0.15) is 0 Å². The van der Waals surface area contributed by atoms with Crippen molar-refractivity contribution in [2.75, 3.05) is 7.05 Å². The summed E-state index contributed by atoms with van der Waals surface area (Å²) in [5, 5.41) is 3.39. The number of aryl methyl sites for hydroxylation is 1. The molecule has 1 aliphatic carbocycles. The smallest absolute Gasteiger partial charge is 0.127 e. The van der Waals surface area contributed by atoms with Crippen LogP contribution in [0.4, 0.5) is 4.39 Å². The summed E-state index contributed by atoms with van der Waals surface area (Å²) in [6, 6.07) is 13.3. The van der Waals surface area contributed by atoms with Crippen molar-refractivity contribution in [2.45, 2.75) is 64.3 Å². The van der Waals surface area contributed by atoms with E-state index in [4.69, 9.17) is 0 Å². The van der Waals surface area contributed by atoms with E-state index in [9.17, 15) is 4.39 Å². The van der Waals surface area contributed by atoms with E-state index in [-0.39, 0.29) is 11.7 Å². The quantitative estimate of drug-likeness (QED) is 0.702. The van der Waals surface area contributed by atoms with Crippen LogP contribution in [0, 0.1) is 12.7 Å². The molecular weight excluding hydrogens is 309 g/mol. The predicted molar refractivity (Wildman–Crippen MR) is 105 cm³/mol. The predicted octanol–water partition coefficient (Wildman–Crippen LogP) is 6.17. The largest absolute Gasteiger partial charge is 0.317 e. The van der Waals surface area contributed by atoms with Gasteiger partial charge in [0.1, 0.15) is 5.82 Å². The Morgan fingerprint density at radius 3 is 2.12 bits per heavy atom. The Labute approximate surface area is 151 Å². The first-order valence-electron chi connectivity index (χ1n) is 9.57. The van der Waals surface area contributed by atoms with Crippen LogP contribution in [0.5, 0.6) is 0 Å². The van der Waals surface area contributed by atoms with Gasteiger partial charge in [-0.25, -0.2) is 4.39 Å². The molecule has 0 aliphatic heterocycles. The van der Waals surface area contributed by atoms with Gasteiger partial charge in [0.15, 0.2) is 0 Å². The normalized spacial score (nSPS) is 20.9. The van der Waals surface area contributed by atoms with Gasteiger partial charge in [-0.15, -0.1) is 0 Å². The summed E-state index contributed by atoms with van der Waals surface area (Å²) < 4.78 is 14.5. The summed E-state index contributed by atoms with van der Waals surface area (Å²) in [5.41, 5.74) is 5.38. The van der Waals surface area contributed by atoms with Crippen LogP contribution in [0.1, 0.15) is 68.1 Å². The molecule has 2 aromatic carbocycles. The Morgan fingerprint density at radius 2 is 1.60 bits per heavy atom. The topological polar surface area (TPSA) is 12.0 Å². The molecule has 134 valence electrons. The fraction of sp³-hybridized carbons (Fsp3) is 0.478. The van der Waals surface area contributed by atoms with Gasteiger partial charge in [-0.1, -0.05) is 44.2 Å². The maximum absolute atomic E-state index is 14.5. The lowest BCUT2D eigenvalue weighted by Crippen LogP contribution is -2.29. The Morgan fingerprint density at radius 1 is 0.960 bits per heavy atom. The SMILES string of the molecule is CNC1CCC(c2ccc(-c3cc(C)c(C(C)C)c(F)c3)cc2)CC1. The van der Waals surface area contributed by atoms with Crippen LogP contribution in [-0.4, -0.2) is 13.1 Å². The van der Waals surface area contributed by atoms with Gasteiger partial charge in [-0.3, -0.25) is 0 Å². The second-order valence-electron chi connectivity index (χ2n) is 7.80. The molecule has 2 aromatic rings. The van der Waals surface area contributed by atoms with E-state index >= 15 is 0 Å². The molecule has 0 spiro atoms. The van der Waals surface area contributed by atoms with Crippen molar-refractivity contribution in [1.29, 1.82) is 0 Å². The molecule has 0 unspecified atom stereocenters. The average molecular weight is 339 g/mol. The lowest BCUT2D eigenvalue weighted by atomic mass is 9.81. The molecule has 0 amide bonds. The van der Waals surface area contributed by atoms with Gasteiger partial charge in [0.2, 0.25) is 0 Å². The molecule has 2 heteroatoms. The maximum atomic E-state index is 14.5. The number of hydrogen-bond acceptors (Lipinski definition) is 1. The zero-order chi connectivity index (χ0) is 18.0. The molecule has 0 heterocycles. The Hall–Kier alpha value is -1.67. The Balaban J connectivity index is 1.79. The third kappa shape index (κ3) is 3.95. The maximum Gasteiger partial charge on any atom is 0.127 e. The summed E-state index contributed by atoms with van der Waals surface area (Å²) in [7, 11) is 2.06. The van der Waals surface area contributed by atoms with Gasteiger partial charge >= 0.3 is 0 Å². The van der Waals surface area contributed by atoms with E-state index in [2.05, 4.69) is 42.7 Å². The van der Waals surface area contributed by atoms with Crippen LogP contribution in [0.2, 0.25) is 0 Å². The van der Waals surface area contributed by atoms with E-state index in [1.807, 2.05) is 20.8 Å². The van der Waals surface area contributed by atoms with Crippen molar-refractivity contribution in [2.24, 2.45) is 0 Å².